The molecule has 0 aliphatic rings. The smallest absolute Gasteiger partial charge is 0.296 e. The number of nitrogens with one attached hydrogen (secondary N) is 1. The van der Waals surface area contributed by atoms with Crippen molar-refractivity contribution < 1.29 is 17.7 Å². The summed E-state index contributed by atoms with van der Waals surface area (Å²) in [6.45, 7) is 0. The number of halogens is 4. The van der Waals surface area contributed by atoms with Crippen LogP contribution in [0.5, 0.6) is 0 Å². The molecule has 17 heavy (non-hydrogen) atoms. The summed E-state index contributed by atoms with van der Waals surface area (Å²) in [7, 11) is 0. The van der Waals surface area contributed by atoms with Crippen LogP contribution < -0.4 is 5.76 Å². The van der Waals surface area contributed by atoms with E-state index in [4.69, 9.17) is 11.6 Å². The van der Waals surface area contributed by atoms with Gasteiger partial charge in [0.05, 0.1) is 10.6 Å². The van der Waals surface area contributed by atoms with E-state index in [1.165, 1.54) is 6.07 Å². The molecule has 0 atom stereocenters. The quantitative estimate of drug-likeness (QED) is 0.861. The van der Waals surface area contributed by atoms with Crippen LogP contribution in [-0.2, 0) is 6.18 Å². The predicted molar refractivity (Wildman–Crippen MR) is 52.6 cm³/mol. The lowest BCUT2D eigenvalue weighted by Crippen LogP contribution is -2.06. The molecule has 2 aromatic rings. The van der Waals surface area contributed by atoms with Crippen molar-refractivity contribution in [2.45, 2.75) is 6.18 Å². The third-order valence-corrected chi connectivity index (χ3v) is 2.41. The lowest BCUT2D eigenvalue weighted by Gasteiger charge is -2.10. The molecular formula is C9H4ClF3N2O2. The fourth-order valence-corrected chi connectivity index (χ4v) is 1.60. The fourth-order valence-electron chi connectivity index (χ4n) is 1.28. The molecule has 0 aliphatic heterocycles. The second-order valence-electron chi connectivity index (χ2n) is 3.11. The molecule has 2 rings (SSSR count). The van der Waals surface area contributed by atoms with Crippen LogP contribution in [0.1, 0.15) is 5.56 Å². The van der Waals surface area contributed by atoms with Crippen LogP contribution in [0.3, 0.4) is 0 Å². The fraction of sp³-hybridized carbons (Fsp3) is 0.111. The Balaban J connectivity index is 2.61. The van der Waals surface area contributed by atoms with Crippen LogP contribution in [0.25, 0.3) is 11.4 Å². The number of aromatic amines is 1. The molecule has 0 unspecified atom stereocenters. The Bertz CT molecular complexity index is 603. The van der Waals surface area contributed by atoms with E-state index in [1.807, 2.05) is 0 Å². The topological polar surface area (TPSA) is 58.9 Å². The average molecular weight is 265 g/mol. The molecule has 0 amide bonds. The van der Waals surface area contributed by atoms with Crippen molar-refractivity contribution in [2.24, 2.45) is 0 Å². The molecule has 0 spiro atoms. The number of rotatable bonds is 1. The molecule has 1 aromatic heterocycles. The van der Waals surface area contributed by atoms with E-state index in [0.29, 0.717) is 0 Å². The van der Waals surface area contributed by atoms with E-state index in [9.17, 15) is 18.0 Å². The number of benzene rings is 1. The second kappa shape index (κ2) is 3.92. The Labute approximate surface area is 97.0 Å². The molecule has 4 nitrogen and oxygen atoms in total. The zero-order valence-corrected chi connectivity index (χ0v) is 8.76. The molecule has 1 N–H and O–H groups in total. The van der Waals surface area contributed by atoms with Crippen molar-refractivity contribution in [1.82, 2.24) is 10.1 Å². The van der Waals surface area contributed by atoms with Crippen molar-refractivity contribution >= 4 is 11.6 Å². The van der Waals surface area contributed by atoms with Gasteiger partial charge in [0.15, 0.2) is 5.82 Å². The number of alkyl halides is 3. The van der Waals surface area contributed by atoms with Crippen LogP contribution in [0.4, 0.5) is 13.2 Å². The van der Waals surface area contributed by atoms with Crippen LogP contribution in [-0.4, -0.2) is 10.1 Å². The zero-order valence-electron chi connectivity index (χ0n) is 8.01. The third-order valence-electron chi connectivity index (χ3n) is 2.00. The standard InChI is InChI=1S/C9H4ClF3N2O2/c10-6-4(7-14-8(16)17-15-7)2-1-3-5(6)9(11,12)13/h1-3H,(H,14,15,16). The Morgan fingerprint density at radius 2 is 2.06 bits per heavy atom. The second-order valence-corrected chi connectivity index (χ2v) is 3.49. The minimum absolute atomic E-state index is 0.0488. The molecule has 90 valence electrons. The summed E-state index contributed by atoms with van der Waals surface area (Å²) in [6, 6.07) is 3.30. The zero-order chi connectivity index (χ0) is 12.6. The van der Waals surface area contributed by atoms with E-state index in [1.54, 1.807) is 0 Å². The highest BCUT2D eigenvalue weighted by molar-refractivity contribution is 6.34. The highest BCUT2D eigenvalue weighted by atomic mass is 35.5. The first-order valence-corrected chi connectivity index (χ1v) is 4.69. The summed E-state index contributed by atoms with van der Waals surface area (Å²) in [5.74, 6) is -1.01. The monoisotopic (exact) mass is 264 g/mol. The largest absolute Gasteiger partial charge is 0.439 e. The molecular weight excluding hydrogens is 261 g/mol. The number of nitrogens with zero attached hydrogens (tertiary/aromatic N) is 1. The summed E-state index contributed by atoms with van der Waals surface area (Å²) in [5.41, 5.74) is -1.05. The molecule has 1 heterocycles. The molecule has 0 radical (unpaired) electrons. The van der Waals surface area contributed by atoms with Gasteiger partial charge in [-0.2, -0.15) is 13.2 Å². The number of hydrogen-bond acceptors (Lipinski definition) is 3. The lowest BCUT2D eigenvalue weighted by atomic mass is 10.1. The van der Waals surface area contributed by atoms with Gasteiger partial charge < -0.3 is 0 Å². The lowest BCUT2D eigenvalue weighted by molar-refractivity contribution is -0.137. The SMILES string of the molecule is O=c1[nH]c(-c2cccc(C(F)(F)F)c2Cl)no1. The van der Waals surface area contributed by atoms with Gasteiger partial charge in [-0.1, -0.05) is 22.8 Å². The Morgan fingerprint density at radius 3 is 2.59 bits per heavy atom. The summed E-state index contributed by atoms with van der Waals surface area (Å²) in [6.07, 6.45) is -4.57. The minimum Gasteiger partial charge on any atom is -0.296 e. The first kappa shape index (κ1) is 11.7. The van der Waals surface area contributed by atoms with Gasteiger partial charge >= 0.3 is 11.9 Å². The summed E-state index contributed by atoms with van der Waals surface area (Å²) in [4.78, 5) is 12.8. The Hall–Kier alpha value is -1.76. The molecule has 0 bridgehead atoms. The first-order valence-electron chi connectivity index (χ1n) is 4.31. The highest BCUT2D eigenvalue weighted by Crippen LogP contribution is 2.38. The van der Waals surface area contributed by atoms with Gasteiger partial charge in [-0.25, -0.2) is 4.79 Å². The minimum atomic E-state index is -4.57. The Kier molecular flexibility index (Phi) is 2.70. The van der Waals surface area contributed by atoms with Gasteiger partial charge in [0.25, 0.3) is 0 Å². The molecule has 0 saturated heterocycles. The van der Waals surface area contributed by atoms with Gasteiger partial charge in [-0.15, -0.1) is 0 Å². The van der Waals surface area contributed by atoms with Crippen molar-refractivity contribution in [3.05, 3.63) is 39.3 Å². The maximum Gasteiger partial charge on any atom is 0.439 e. The third kappa shape index (κ3) is 2.19. The predicted octanol–water partition coefficient (Wildman–Crippen LogP) is 2.70. The molecule has 0 fully saturated rings. The molecule has 8 heteroatoms. The number of hydrogen-bond donors (Lipinski definition) is 1. The van der Waals surface area contributed by atoms with Crippen molar-refractivity contribution in [1.29, 1.82) is 0 Å². The van der Waals surface area contributed by atoms with Crippen LogP contribution >= 0.6 is 11.6 Å². The van der Waals surface area contributed by atoms with Crippen molar-refractivity contribution in [3.8, 4) is 11.4 Å². The van der Waals surface area contributed by atoms with Gasteiger partial charge in [0.2, 0.25) is 0 Å². The van der Waals surface area contributed by atoms with Crippen molar-refractivity contribution in [3.63, 3.8) is 0 Å². The van der Waals surface area contributed by atoms with Gasteiger partial charge in [0.1, 0.15) is 0 Å². The maximum atomic E-state index is 12.5. The average Bonchev–Trinajstić information content (AvgIpc) is 2.63. The van der Waals surface area contributed by atoms with Crippen LogP contribution in [0.15, 0.2) is 27.5 Å². The highest BCUT2D eigenvalue weighted by Gasteiger charge is 2.34. The van der Waals surface area contributed by atoms with E-state index in [-0.39, 0.29) is 11.4 Å². The molecule has 0 aliphatic carbocycles. The van der Waals surface area contributed by atoms with E-state index in [2.05, 4.69) is 14.7 Å². The number of H-pyrrole nitrogens is 1. The van der Waals surface area contributed by atoms with Crippen molar-refractivity contribution in [2.75, 3.05) is 0 Å². The van der Waals surface area contributed by atoms with E-state index >= 15 is 0 Å². The summed E-state index contributed by atoms with van der Waals surface area (Å²) >= 11 is 5.61. The van der Waals surface area contributed by atoms with Gasteiger partial charge in [-0.05, 0) is 12.1 Å². The van der Waals surface area contributed by atoms with E-state index in [0.717, 1.165) is 12.1 Å². The van der Waals surface area contributed by atoms with Gasteiger partial charge in [-0.3, -0.25) is 9.51 Å². The summed E-state index contributed by atoms with van der Waals surface area (Å²) < 4.78 is 41.8. The van der Waals surface area contributed by atoms with Crippen LogP contribution in [0, 0.1) is 0 Å². The first-order chi connectivity index (χ1) is 7.89. The van der Waals surface area contributed by atoms with E-state index < -0.39 is 22.5 Å². The summed E-state index contributed by atoms with van der Waals surface area (Å²) in [5, 5.41) is 2.74. The number of aromatic nitrogens is 2. The molecule has 1 aromatic carbocycles. The Morgan fingerprint density at radius 1 is 1.35 bits per heavy atom. The maximum absolute atomic E-state index is 12.5. The normalized spacial score (nSPS) is 11.8. The molecule has 0 saturated carbocycles. The van der Waals surface area contributed by atoms with Crippen LogP contribution in [0.2, 0.25) is 5.02 Å². The van der Waals surface area contributed by atoms with Gasteiger partial charge in [0, 0.05) is 5.56 Å².